The maximum absolute atomic E-state index is 13.1. The van der Waals surface area contributed by atoms with Crippen molar-refractivity contribution in [1.29, 1.82) is 0 Å². The summed E-state index contributed by atoms with van der Waals surface area (Å²) >= 11 is 3.72. The number of aryl methyl sites for hydroxylation is 1. The summed E-state index contributed by atoms with van der Waals surface area (Å²) in [4.78, 5) is 22.1. The fraction of sp³-hybridized carbons (Fsp3) is 0.520. The highest BCUT2D eigenvalue weighted by atomic mass is 79.9. The largest absolute Gasteiger partial charge is 0.444 e. The number of halogens is 1. The predicted molar refractivity (Wildman–Crippen MR) is 126 cm³/mol. The normalized spacial score (nSPS) is 20.9. The number of likely N-dealkylation sites (N-methyl/N-ethyl adjacent to an activating group) is 1. The number of aromatic nitrogens is 1. The Kier molecular flexibility index (Phi) is 6.40. The lowest BCUT2D eigenvalue weighted by Crippen LogP contribution is -2.51. The highest BCUT2D eigenvalue weighted by Gasteiger charge is 2.36. The second kappa shape index (κ2) is 8.91. The van der Waals surface area contributed by atoms with Crippen LogP contribution in [0.15, 0.2) is 41.0 Å². The van der Waals surface area contributed by atoms with Crippen LogP contribution in [0.3, 0.4) is 0 Å². The first-order valence-corrected chi connectivity index (χ1v) is 11.9. The average Bonchev–Trinajstić information content (AvgIpc) is 2.72. The summed E-state index contributed by atoms with van der Waals surface area (Å²) in [5, 5.41) is 0. The van der Waals surface area contributed by atoms with E-state index in [-0.39, 0.29) is 18.2 Å². The van der Waals surface area contributed by atoms with Crippen molar-refractivity contribution in [3.8, 4) is 0 Å². The fourth-order valence-corrected chi connectivity index (χ4v) is 5.38. The number of carbonyl (C=O) groups excluding carboxylic acids is 1. The molecular formula is C25H32BrN3O2. The third-order valence-electron chi connectivity index (χ3n) is 6.26. The van der Waals surface area contributed by atoms with Gasteiger partial charge >= 0.3 is 6.09 Å². The summed E-state index contributed by atoms with van der Waals surface area (Å²) in [6.45, 7) is 7.11. The highest BCUT2D eigenvalue weighted by molar-refractivity contribution is 9.10. The Morgan fingerprint density at radius 2 is 2.03 bits per heavy atom. The molecule has 0 bridgehead atoms. The van der Waals surface area contributed by atoms with Gasteiger partial charge in [-0.15, -0.1) is 0 Å². The summed E-state index contributed by atoms with van der Waals surface area (Å²) in [7, 11) is 2.16. The molecule has 1 aliphatic heterocycles. The van der Waals surface area contributed by atoms with Gasteiger partial charge in [-0.2, -0.15) is 0 Å². The Morgan fingerprint density at radius 3 is 2.81 bits per heavy atom. The van der Waals surface area contributed by atoms with Crippen LogP contribution in [0.5, 0.6) is 0 Å². The molecule has 1 aliphatic carbocycles. The molecule has 1 aromatic carbocycles. The number of nitrogens with zero attached hydrogens (tertiary/aromatic N) is 3. The first-order chi connectivity index (χ1) is 14.7. The van der Waals surface area contributed by atoms with Gasteiger partial charge in [0.15, 0.2) is 0 Å². The molecule has 0 N–H and O–H groups in total. The van der Waals surface area contributed by atoms with E-state index in [1.807, 2.05) is 44.0 Å². The predicted octanol–water partition coefficient (Wildman–Crippen LogP) is 5.52. The monoisotopic (exact) mass is 485 g/mol. The molecule has 0 spiro atoms. The smallest absolute Gasteiger partial charge is 0.410 e. The lowest BCUT2D eigenvalue weighted by molar-refractivity contribution is 0.00639. The van der Waals surface area contributed by atoms with E-state index in [2.05, 4.69) is 46.1 Å². The second-order valence-electron chi connectivity index (χ2n) is 9.74. The van der Waals surface area contributed by atoms with E-state index in [4.69, 9.17) is 9.72 Å². The summed E-state index contributed by atoms with van der Waals surface area (Å²) in [5.74, 6) is 0. The number of ether oxygens (including phenoxy) is 1. The maximum atomic E-state index is 13.1. The molecule has 166 valence electrons. The van der Waals surface area contributed by atoms with Gasteiger partial charge in [-0.3, -0.25) is 14.8 Å². The Morgan fingerprint density at radius 1 is 1.26 bits per heavy atom. The van der Waals surface area contributed by atoms with E-state index in [0.717, 1.165) is 30.3 Å². The molecule has 0 radical (unpaired) electrons. The molecular weight excluding hydrogens is 454 g/mol. The van der Waals surface area contributed by atoms with E-state index in [0.29, 0.717) is 6.54 Å². The van der Waals surface area contributed by atoms with Crippen molar-refractivity contribution >= 4 is 22.0 Å². The number of rotatable bonds is 3. The van der Waals surface area contributed by atoms with Crippen molar-refractivity contribution in [2.75, 3.05) is 13.6 Å². The zero-order valence-corrected chi connectivity index (χ0v) is 20.5. The van der Waals surface area contributed by atoms with Gasteiger partial charge in [0.2, 0.25) is 0 Å². The van der Waals surface area contributed by atoms with Crippen molar-refractivity contribution in [3.05, 3.63) is 63.4 Å². The van der Waals surface area contributed by atoms with Crippen LogP contribution in [-0.2, 0) is 24.1 Å². The van der Waals surface area contributed by atoms with Crippen LogP contribution < -0.4 is 0 Å². The molecule has 0 saturated carbocycles. The maximum Gasteiger partial charge on any atom is 0.410 e. The van der Waals surface area contributed by atoms with E-state index in [9.17, 15) is 4.79 Å². The SMILES string of the molecule is CN(CC1Cc2c(Br)cccc2CN1C(=O)OC(C)(C)C)[C@H]1CCCc2cccnc21. The number of hydrogen-bond acceptors (Lipinski definition) is 4. The van der Waals surface area contributed by atoms with Gasteiger partial charge in [-0.25, -0.2) is 4.79 Å². The fourth-order valence-electron chi connectivity index (χ4n) is 4.81. The average molecular weight is 486 g/mol. The highest BCUT2D eigenvalue weighted by Crippen LogP contribution is 2.35. The van der Waals surface area contributed by atoms with E-state index in [1.54, 1.807) is 0 Å². The molecule has 6 heteroatoms. The Labute approximate surface area is 193 Å². The van der Waals surface area contributed by atoms with Crippen molar-refractivity contribution in [2.45, 2.75) is 70.7 Å². The number of hydrogen-bond donors (Lipinski definition) is 0. The standard InChI is InChI=1S/C25H32BrN3O2/c1-25(2,3)31-24(30)29-15-18-9-5-11-21(26)20(18)14-19(29)16-28(4)22-12-6-8-17-10-7-13-27-23(17)22/h5,7,9-11,13,19,22H,6,8,12,14-16H2,1-4H3/t19?,22-/m0/s1. The topological polar surface area (TPSA) is 45.7 Å². The third kappa shape index (κ3) is 4.96. The van der Waals surface area contributed by atoms with E-state index in [1.165, 1.54) is 28.8 Å². The molecule has 31 heavy (non-hydrogen) atoms. The van der Waals surface area contributed by atoms with Gasteiger partial charge in [0, 0.05) is 23.8 Å². The van der Waals surface area contributed by atoms with Gasteiger partial charge in [0.25, 0.3) is 0 Å². The van der Waals surface area contributed by atoms with Gasteiger partial charge in [0.1, 0.15) is 5.60 Å². The van der Waals surface area contributed by atoms with Crippen LogP contribution in [0, 0.1) is 0 Å². The molecule has 4 rings (SSSR count). The Bertz CT molecular complexity index is 956. The Hall–Kier alpha value is -1.92. The molecule has 2 atom stereocenters. The molecule has 0 saturated heterocycles. The minimum atomic E-state index is -0.517. The zero-order chi connectivity index (χ0) is 22.2. The third-order valence-corrected chi connectivity index (χ3v) is 7.00. The van der Waals surface area contributed by atoms with Crippen molar-refractivity contribution in [2.24, 2.45) is 0 Å². The van der Waals surface area contributed by atoms with Crippen LogP contribution in [0.4, 0.5) is 4.79 Å². The number of carbonyl (C=O) groups is 1. The molecule has 1 aromatic heterocycles. The Balaban J connectivity index is 1.59. The van der Waals surface area contributed by atoms with E-state index >= 15 is 0 Å². The quantitative estimate of drug-likeness (QED) is 0.574. The molecule has 1 amide bonds. The van der Waals surface area contributed by atoms with Gasteiger partial charge in [-0.1, -0.05) is 34.1 Å². The molecule has 1 unspecified atom stereocenters. The van der Waals surface area contributed by atoms with Crippen molar-refractivity contribution < 1.29 is 9.53 Å². The zero-order valence-electron chi connectivity index (χ0n) is 18.9. The summed E-state index contributed by atoms with van der Waals surface area (Å²) in [6.07, 6.45) is 5.83. The summed E-state index contributed by atoms with van der Waals surface area (Å²) in [5.41, 5.74) is 4.51. The van der Waals surface area contributed by atoms with Crippen LogP contribution in [0.2, 0.25) is 0 Å². The van der Waals surface area contributed by atoms with Crippen molar-refractivity contribution in [3.63, 3.8) is 0 Å². The summed E-state index contributed by atoms with van der Waals surface area (Å²) < 4.78 is 6.90. The lowest BCUT2D eigenvalue weighted by Gasteiger charge is -2.41. The first-order valence-electron chi connectivity index (χ1n) is 11.1. The van der Waals surface area contributed by atoms with Crippen LogP contribution >= 0.6 is 15.9 Å². The van der Waals surface area contributed by atoms with Gasteiger partial charge in [-0.05, 0) is 82.3 Å². The lowest BCUT2D eigenvalue weighted by atomic mass is 9.89. The minimum Gasteiger partial charge on any atom is -0.444 e. The summed E-state index contributed by atoms with van der Waals surface area (Å²) in [6, 6.07) is 10.8. The van der Waals surface area contributed by atoms with Crippen molar-refractivity contribution in [1.82, 2.24) is 14.8 Å². The first kappa shape index (κ1) is 22.3. The molecule has 2 heterocycles. The number of fused-ring (bicyclic) bond motifs is 2. The second-order valence-corrected chi connectivity index (χ2v) is 10.6. The number of benzene rings is 1. The van der Waals surface area contributed by atoms with Gasteiger partial charge < -0.3 is 4.74 Å². The number of pyridine rings is 1. The molecule has 2 aromatic rings. The number of amides is 1. The van der Waals surface area contributed by atoms with Crippen LogP contribution in [0.1, 0.15) is 62.0 Å². The molecule has 2 aliphatic rings. The van der Waals surface area contributed by atoms with Crippen LogP contribution in [-0.4, -0.2) is 46.1 Å². The molecule has 0 fully saturated rings. The van der Waals surface area contributed by atoms with Crippen LogP contribution in [0.25, 0.3) is 0 Å². The molecule has 5 nitrogen and oxygen atoms in total. The van der Waals surface area contributed by atoms with Gasteiger partial charge in [0.05, 0.1) is 17.8 Å². The van der Waals surface area contributed by atoms with E-state index < -0.39 is 5.60 Å². The minimum absolute atomic E-state index is 0.0418.